The molecule has 0 aliphatic heterocycles. The number of nitrogen functional groups attached to an aromatic ring is 1. The first kappa shape index (κ1) is 13.8. The van der Waals surface area contributed by atoms with Gasteiger partial charge in [-0.05, 0) is 30.3 Å². The Kier molecular flexibility index (Phi) is 3.29. The van der Waals surface area contributed by atoms with E-state index in [-0.39, 0.29) is 17.2 Å². The summed E-state index contributed by atoms with van der Waals surface area (Å²) in [7, 11) is 0. The van der Waals surface area contributed by atoms with Gasteiger partial charge in [0.15, 0.2) is 23.3 Å². The van der Waals surface area contributed by atoms with Crippen LogP contribution in [-0.4, -0.2) is 9.97 Å². The molecule has 0 saturated carbocycles. The average molecular weight is 354 g/mol. The van der Waals surface area contributed by atoms with Crippen molar-refractivity contribution >= 4 is 32.7 Å². The lowest BCUT2D eigenvalue weighted by atomic mass is 10.1. The summed E-state index contributed by atoms with van der Waals surface area (Å²) < 4.78 is 40.4. The van der Waals surface area contributed by atoms with Crippen molar-refractivity contribution in [3.63, 3.8) is 0 Å². The molecule has 0 aliphatic rings. The van der Waals surface area contributed by atoms with E-state index >= 15 is 0 Å². The summed E-state index contributed by atoms with van der Waals surface area (Å²) in [5, 5.41) is 0.608. The highest BCUT2D eigenvalue weighted by Gasteiger charge is 2.14. The summed E-state index contributed by atoms with van der Waals surface area (Å²) in [6.45, 7) is 0. The first-order chi connectivity index (χ1) is 9.95. The van der Waals surface area contributed by atoms with Gasteiger partial charge >= 0.3 is 0 Å². The number of nitrogens with zero attached hydrogens (tertiary/aromatic N) is 2. The second-order valence-corrected chi connectivity index (χ2v) is 5.26. The van der Waals surface area contributed by atoms with Crippen molar-refractivity contribution in [1.82, 2.24) is 9.97 Å². The molecule has 0 radical (unpaired) electrons. The predicted octanol–water partition coefficient (Wildman–Crippen LogP) is 4.06. The number of hydrogen-bond acceptors (Lipinski definition) is 3. The Morgan fingerprint density at radius 3 is 2.29 bits per heavy atom. The van der Waals surface area contributed by atoms with Gasteiger partial charge in [-0.15, -0.1) is 0 Å². The molecule has 3 rings (SSSR count). The van der Waals surface area contributed by atoms with Crippen LogP contribution in [0.4, 0.5) is 19.0 Å². The van der Waals surface area contributed by atoms with Crippen LogP contribution in [0.5, 0.6) is 0 Å². The van der Waals surface area contributed by atoms with Gasteiger partial charge in [-0.3, -0.25) is 0 Å². The van der Waals surface area contributed by atoms with Crippen LogP contribution in [-0.2, 0) is 0 Å². The van der Waals surface area contributed by atoms with E-state index in [4.69, 9.17) is 5.73 Å². The number of fused-ring (bicyclic) bond motifs is 1. The largest absolute Gasteiger partial charge is 0.383 e. The summed E-state index contributed by atoms with van der Waals surface area (Å²) in [6.07, 6.45) is 0. The molecule has 0 saturated heterocycles. The standard InChI is InChI=1S/C14H7BrF3N3/c15-7-1-2-11-8(5-7)13(19)21-14(20-11)6-3-9(16)12(18)10(17)4-6/h1-5H,(H2,19,20,21). The monoisotopic (exact) mass is 353 g/mol. The summed E-state index contributed by atoms with van der Waals surface area (Å²) in [6, 6.07) is 6.84. The lowest BCUT2D eigenvalue weighted by molar-refractivity contribution is 0.447. The van der Waals surface area contributed by atoms with Gasteiger partial charge in [-0.25, -0.2) is 23.1 Å². The van der Waals surface area contributed by atoms with Crippen LogP contribution < -0.4 is 5.73 Å². The Morgan fingerprint density at radius 2 is 1.62 bits per heavy atom. The van der Waals surface area contributed by atoms with Crippen LogP contribution in [0.25, 0.3) is 22.3 Å². The fourth-order valence-electron chi connectivity index (χ4n) is 1.94. The molecule has 0 bridgehead atoms. The Bertz CT molecular complexity index is 844. The Balaban J connectivity index is 2.24. The molecule has 3 nitrogen and oxygen atoms in total. The summed E-state index contributed by atoms with van der Waals surface area (Å²) in [5.41, 5.74) is 6.37. The molecule has 2 aromatic carbocycles. The van der Waals surface area contributed by atoms with E-state index in [1.54, 1.807) is 18.2 Å². The fraction of sp³-hybridized carbons (Fsp3) is 0. The quantitative estimate of drug-likeness (QED) is 0.671. The van der Waals surface area contributed by atoms with Crippen LogP contribution in [0, 0.1) is 17.5 Å². The molecule has 0 unspecified atom stereocenters. The minimum Gasteiger partial charge on any atom is -0.383 e. The minimum absolute atomic E-state index is 0.0166. The number of nitrogens with two attached hydrogens (primary N) is 1. The number of aromatic nitrogens is 2. The van der Waals surface area contributed by atoms with Gasteiger partial charge < -0.3 is 5.73 Å². The van der Waals surface area contributed by atoms with Crippen molar-refractivity contribution in [2.75, 3.05) is 5.73 Å². The van der Waals surface area contributed by atoms with Gasteiger partial charge in [0.05, 0.1) is 5.52 Å². The number of anilines is 1. The molecule has 0 fully saturated rings. The molecule has 0 aliphatic carbocycles. The Labute approximate surface area is 125 Å². The SMILES string of the molecule is Nc1nc(-c2cc(F)c(F)c(F)c2)nc2ccc(Br)cc12. The van der Waals surface area contributed by atoms with Crippen molar-refractivity contribution in [1.29, 1.82) is 0 Å². The molecule has 2 N–H and O–H groups in total. The molecule has 0 atom stereocenters. The molecule has 7 heteroatoms. The normalized spacial score (nSPS) is 11.0. The molecular formula is C14H7BrF3N3. The third kappa shape index (κ3) is 2.44. The molecule has 1 aromatic heterocycles. The van der Waals surface area contributed by atoms with Gasteiger partial charge in [0.1, 0.15) is 5.82 Å². The maximum atomic E-state index is 13.3. The van der Waals surface area contributed by atoms with Gasteiger partial charge in [-0.1, -0.05) is 15.9 Å². The number of hydrogen-bond donors (Lipinski definition) is 1. The van der Waals surface area contributed by atoms with E-state index in [1.807, 2.05) is 0 Å². The van der Waals surface area contributed by atoms with Crippen LogP contribution in [0.1, 0.15) is 0 Å². The van der Waals surface area contributed by atoms with Crippen LogP contribution >= 0.6 is 15.9 Å². The van der Waals surface area contributed by atoms with Crippen molar-refractivity contribution in [2.45, 2.75) is 0 Å². The van der Waals surface area contributed by atoms with Gasteiger partial charge in [-0.2, -0.15) is 0 Å². The van der Waals surface area contributed by atoms with Crippen LogP contribution in [0.2, 0.25) is 0 Å². The van der Waals surface area contributed by atoms with E-state index in [0.29, 0.717) is 10.9 Å². The van der Waals surface area contributed by atoms with Crippen LogP contribution in [0.15, 0.2) is 34.8 Å². The minimum atomic E-state index is -1.53. The molecular weight excluding hydrogens is 347 g/mol. The molecule has 0 amide bonds. The van der Waals surface area contributed by atoms with Gasteiger partial charge in [0.25, 0.3) is 0 Å². The van der Waals surface area contributed by atoms with Crippen molar-refractivity contribution in [2.24, 2.45) is 0 Å². The topological polar surface area (TPSA) is 51.8 Å². The number of benzene rings is 2. The Morgan fingerprint density at radius 1 is 0.952 bits per heavy atom. The molecule has 21 heavy (non-hydrogen) atoms. The number of rotatable bonds is 1. The van der Waals surface area contributed by atoms with Gasteiger partial charge in [0, 0.05) is 15.4 Å². The van der Waals surface area contributed by atoms with E-state index < -0.39 is 17.5 Å². The highest BCUT2D eigenvalue weighted by molar-refractivity contribution is 9.10. The molecule has 106 valence electrons. The summed E-state index contributed by atoms with van der Waals surface area (Å²) >= 11 is 3.31. The van der Waals surface area contributed by atoms with E-state index in [2.05, 4.69) is 25.9 Å². The van der Waals surface area contributed by atoms with E-state index in [1.165, 1.54) is 0 Å². The zero-order chi connectivity index (χ0) is 15.1. The van der Waals surface area contributed by atoms with E-state index in [9.17, 15) is 13.2 Å². The zero-order valence-electron chi connectivity index (χ0n) is 10.4. The summed E-state index contributed by atoms with van der Waals surface area (Å²) in [5.74, 6) is -3.94. The Hall–Kier alpha value is -2.15. The van der Waals surface area contributed by atoms with E-state index in [0.717, 1.165) is 16.6 Å². The fourth-order valence-corrected chi connectivity index (χ4v) is 2.30. The predicted molar refractivity (Wildman–Crippen MR) is 77.0 cm³/mol. The second kappa shape index (κ2) is 5.00. The smallest absolute Gasteiger partial charge is 0.194 e. The third-order valence-corrected chi connectivity index (χ3v) is 3.42. The lowest BCUT2D eigenvalue weighted by Gasteiger charge is -2.07. The second-order valence-electron chi connectivity index (χ2n) is 4.35. The molecule has 0 spiro atoms. The first-order valence-corrected chi connectivity index (χ1v) is 6.62. The first-order valence-electron chi connectivity index (χ1n) is 5.83. The molecule has 1 heterocycles. The lowest BCUT2D eigenvalue weighted by Crippen LogP contribution is -1.99. The number of halogens is 4. The van der Waals surface area contributed by atoms with Crippen molar-refractivity contribution in [3.05, 3.63) is 52.3 Å². The maximum Gasteiger partial charge on any atom is 0.194 e. The zero-order valence-corrected chi connectivity index (χ0v) is 12.0. The third-order valence-electron chi connectivity index (χ3n) is 2.93. The van der Waals surface area contributed by atoms with Crippen molar-refractivity contribution < 1.29 is 13.2 Å². The summed E-state index contributed by atoms with van der Waals surface area (Å²) in [4.78, 5) is 8.21. The highest BCUT2D eigenvalue weighted by Crippen LogP contribution is 2.27. The average Bonchev–Trinajstić information content (AvgIpc) is 2.44. The maximum absolute atomic E-state index is 13.3. The molecule has 3 aromatic rings. The van der Waals surface area contributed by atoms with Gasteiger partial charge in [0.2, 0.25) is 0 Å². The van der Waals surface area contributed by atoms with Crippen molar-refractivity contribution in [3.8, 4) is 11.4 Å². The van der Waals surface area contributed by atoms with Crippen LogP contribution in [0.3, 0.4) is 0 Å². The highest BCUT2D eigenvalue weighted by atomic mass is 79.9.